The summed E-state index contributed by atoms with van der Waals surface area (Å²) in [5.74, 6) is 1.99. The highest BCUT2D eigenvalue weighted by Gasteiger charge is 2.33. The molecule has 1 saturated heterocycles. The average Bonchev–Trinajstić information content (AvgIpc) is 3.01. The van der Waals surface area contributed by atoms with Gasteiger partial charge in [0, 0.05) is 35.6 Å². The Labute approximate surface area is 154 Å². The lowest BCUT2D eigenvalue weighted by atomic mass is 10.1. The van der Waals surface area contributed by atoms with E-state index in [2.05, 4.69) is 25.3 Å². The predicted molar refractivity (Wildman–Crippen MR) is 100 cm³/mol. The molecule has 26 heavy (non-hydrogen) atoms. The fraction of sp³-hybridized carbons (Fsp3) is 0.526. The second kappa shape index (κ2) is 7.35. The number of aromatic nitrogens is 4. The van der Waals surface area contributed by atoms with Crippen LogP contribution in [-0.2, 0) is 4.79 Å². The number of rotatable bonds is 4. The molecule has 1 atom stereocenters. The van der Waals surface area contributed by atoms with Crippen LogP contribution in [0, 0.1) is 26.7 Å². The monoisotopic (exact) mass is 354 g/mol. The van der Waals surface area contributed by atoms with Crippen molar-refractivity contribution in [3.05, 3.63) is 35.0 Å². The zero-order valence-electron chi connectivity index (χ0n) is 16.1. The minimum Gasteiger partial charge on any atom is -0.332 e. The Morgan fingerprint density at radius 1 is 1.08 bits per heavy atom. The van der Waals surface area contributed by atoms with Gasteiger partial charge in [0.05, 0.1) is 6.04 Å². The van der Waals surface area contributed by atoms with Crippen molar-refractivity contribution in [2.45, 2.75) is 53.5 Å². The summed E-state index contributed by atoms with van der Waals surface area (Å²) in [6, 6.07) is 3.73. The summed E-state index contributed by atoms with van der Waals surface area (Å²) in [4.78, 5) is 32.5. The SMILES string of the molecule is Cc1cc(C)nc(Nc2cc(C)nc(C3CCCN3C(=O)C(C)C)n2)n1. The molecule has 1 fully saturated rings. The smallest absolute Gasteiger partial charge is 0.228 e. The number of nitrogens with zero attached hydrogens (tertiary/aromatic N) is 5. The zero-order chi connectivity index (χ0) is 18.8. The van der Waals surface area contributed by atoms with Gasteiger partial charge in [0.15, 0.2) is 5.82 Å². The molecule has 0 aliphatic carbocycles. The molecule has 3 heterocycles. The molecule has 7 nitrogen and oxygen atoms in total. The standard InChI is InChI=1S/C19H26N6O/c1-11(2)18(26)25-8-6-7-15(25)17-20-14(5)10-16(23-17)24-19-21-12(3)9-13(4)22-19/h9-11,15H,6-8H2,1-5H3,(H,20,21,22,23,24). The van der Waals surface area contributed by atoms with Crippen LogP contribution in [0.5, 0.6) is 0 Å². The van der Waals surface area contributed by atoms with Crippen LogP contribution >= 0.6 is 0 Å². The van der Waals surface area contributed by atoms with E-state index in [1.54, 1.807) is 0 Å². The number of anilines is 2. The fourth-order valence-electron chi connectivity index (χ4n) is 3.33. The molecule has 0 radical (unpaired) electrons. The van der Waals surface area contributed by atoms with Crippen LogP contribution in [0.15, 0.2) is 12.1 Å². The molecule has 1 unspecified atom stereocenters. The summed E-state index contributed by atoms with van der Waals surface area (Å²) >= 11 is 0. The Morgan fingerprint density at radius 2 is 1.73 bits per heavy atom. The van der Waals surface area contributed by atoms with Crippen molar-refractivity contribution in [1.29, 1.82) is 0 Å². The van der Waals surface area contributed by atoms with E-state index in [1.807, 2.05) is 51.7 Å². The van der Waals surface area contributed by atoms with Gasteiger partial charge in [-0.2, -0.15) is 0 Å². The Hall–Kier alpha value is -2.57. The van der Waals surface area contributed by atoms with Crippen LogP contribution < -0.4 is 5.32 Å². The first-order chi connectivity index (χ1) is 12.3. The van der Waals surface area contributed by atoms with Crippen LogP contribution in [0.25, 0.3) is 0 Å². The van der Waals surface area contributed by atoms with Crippen molar-refractivity contribution in [3.63, 3.8) is 0 Å². The Kier molecular flexibility index (Phi) is 5.15. The molecule has 0 spiro atoms. The van der Waals surface area contributed by atoms with Crippen molar-refractivity contribution in [2.75, 3.05) is 11.9 Å². The number of aryl methyl sites for hydroxylation is 3. The largest absolute Gasteiger partial charge is 0.332 e. The highest BCUT2D eigenvalue weighted by molar-refractivity contribution is 5.78. The van der Waals surface area contributed by atoms with Gasteiger partial charge in [-0.1, -0.05) is 13.8 Å². The Balaban J connectivity index is 1.89. The number of likely N-dealkylation sites (tertiary alicyclic amines) is 1. The Bertz CT molecular complexity index is 799. The van der Waals surface area contributed by atoms with Gasteiger partial charge in [0.1, 0.15) is 5.82 Å². The van der Waals surface area contributed by atoms with Crippen molar-refractivity contribution < 1.29 is 4.79 Å². The van der Waals surface area contributed by atoms with E-state index in [4.69, 9.17) is 0 Å². The lowest BCUT2D eigenvalue weighted by Crippen LogP contribution is -2.34. The van der Waals surface area contributed by atoms with E-state index in [-0.39, 0.29) is 17.9 Å². The maximum absolute atomic E-state index is 12.5. The minimum atomic E-state index is -0.0643. The van der Waals surface area contributed by atoms with E-state index < -0.39 is 0 Å². The number of carbonyl (C=O) groups excluding carboxylic acids is 1. The summed E-state index contributed by atoms with van der Waals surface area (Å²) in [7, 11) is 0. The predicted octanol–water partition coefficient (Wildman–Crippen LogP) is 3.25. The second-order valence-corrected chi connectivity index (χ2v) is 7.20. The minimum absolute atomic E-state index is 0.0262. The van der Waals surface area contributed by atoms with Gasteiger partial charge in [-0.25, -0.2) is 19.9 Å². The van der Waals surface area contributed by atoms with Gasteiger partial charge < -0.3 is 10.2 Å². The quantitative estimate of drug-likeness (QED) is 0.907. The third-order valence-corrected chi connectivity index (χ3v) is 4.42. The molecule has 2 aromatic rings. The van der Waals surface area contributed by atoms with E-state index in [9.17, 15) is 4.79 Å². The molecule has 0 aromatic carbocycles. The van der Waals surface area contributed by atoms with E-state index in [0.29, 0.717) is 17.6 Å². The van der Waals surface area contributed by atoms with Gasteiger partial charge in [-0.3, -0.25) is 4.79 Å². The topological polar surface area (TPSA) is 83.9 Å². The molecule has 1 aliphatic rings. The summed E-state index contributed by atoms with van der Waals surface area (Å²) in [6.07, 6.45) is 1.87. The lowest BCUT2D eigenvalue weighted by Gasteiger charge is -2.25. The molecule has 1 aliphatic heterocycles. The lowest BCUT2D eigenvalue weighted by molar-refractivity contribution is -0.135. The first-order valence-corrected chi connectivity index (χ1v) is 9.09. The van der Waals surface area contributed by atoms with Gasteiger partial charge in [0.25, 0.3) is 0 Å². The molecular weight excluding hydrogens is 328 g/mol. The average molecular weight is 354 g/mol. The van der Waals surface area contributed by atoms with Gasteiger partial charge >= 0.3 is 0 Å². The Morgan fingerprint density at radius 3 is 2.38 bits per heavy atom. The molecule has 0 bridgehead atoms. The number of nitrogens with one attached hydrogen (secondary N) is 1. The molecule has 0 saturated carbocycles. The van der Waals surface area contributed by atoms with Gasteiger partial charge in [-0.15, -0.1) is 0 Å². The second-order valence-electron chi connectivity index (χ2n) is 7.20. The maximum atomic E-state index is 12.5. The molecule has 2 aromatic heterocycles. The molecule has 3 rings (SSSR count). The highest BCUT2D eigenvalue weighted by atomic mass is 16.2. The van der Waals surface area contributed by atoms with Crippen molar-refractivity contribution in [1.82, 2.24) is 24.8 Å². The van der Waals surface area contributed by atoms with Gasteiger partial charge in [-0.05, 0) is 39.7 Å². The summed E-state index contributed by atoms with van der Waals surface area (Å²) < 4.78 is 0. The van der Waals surface area contributed by atoms with E-state index in [1.165, 1.54) is 0 Å². The van der Waals surface area contributed by atoms with Crippen LogP contribution in [0.4, 0.5) is 11.8 Å². The van der Waals surface area contributed by atoms with E-state index >= 15 is 0 Å². The summed E-state index contributed by atoms with van der Waals surface area (Å²) in [5.41, 5.74) is 2.65. The van der Waals surface area contributed by atoms with Crippen LogP contribution in [0.1, 0.15) is 55.6 Å². The van der Waals surface area contributed by atoms with Crippen molar-refractivity contribution >= 4 is 17.7 Å². The zero-order valence-corrected chi connectivity index (χ0v) is 16.1. The van der Waals surface area contributed by atoms with Crippen molar-refractivity contribution in [3.8, 4) is 0 Å². The number of carbonyl (C=O) groups is 1. The van der Waals surface area contributed by atoms with Crippen molar-refractivity contribution in [2.24, 2.45) is 5.92 Å². The molecule has 138 valence electrons. The number of amides is 1. The van der Waals surface area contributed by atoms with Crippen LogP contribution in [0.3, 0.4) is 0 Å². The number of hydrogen-bond acceptors (Lipinski definition) is 6. The third kappa shape index (κ3) is 3.98. The first-order valence-electron chi connectivity index (χ1n) is 9.09. The summed E-state index contributed by atoms with van der Waals surface area (Å²) in [5, 5.41) is 3.18. The molecular formula is C19H26N6O. The van der Waals surface area contributed by atoms with Gasteiger partial charge in [0.2, 0.25) is 11.9 Å². The van der Waals surface area contributed by atoms with Crippen LogP contribution in [-0.4, -0.2) is 37.3 Å². The normalized spacial score (nSPS) is 17.0. The van der Waals surface area contributed by atoms with Crippen LogP contribution in [0.2, 0.25) is 0 Å². The number of hydrogen-bond donors (Lipinski definition) is 1. The maximum Gasteiger partial charge on any atom is 0.228 e. The highest BCUT2D eigenvalue weighted by Crippen LogP contribution is 2.32. The molecule has 1 N–H and O–H groups in total. The van der Waals surface area contributed by atoms with E-state index in [0.717, 1.165) is 36.5 Å². The first kappa shape index (κ1) is 18.2. The summed E-state index contributed by atoms with van der Waals surface area (Å²) in [6.45, 7) is 10.4. The molecule has 7 heteroatoms. The fourth-order valence-corrected chi connectivity index (χ4v) is 3.33. The molecule has 1 amide bonds. The third-order valence-electron chi connectivity index (χ3n) is 4.42.